The summed E-state index contributed by atoms with van der Waals surface area (Å²) in [5.74, 6) is 0. The number of nitrogens with zero attached hydrogens (tertiary/aromatic N) is 1. The van der Waals surface area contributed by atoms with Crippen LogP contribution in [0.3, 0.4) is 0 Å². The second kappa shape index (κ2) is 9.70. The lowest BCUT2D eigenvalue weighted by Gasteiger charge is -2.31. The molecule has 0 aliphatic heterocycles. The SMILES string of the molecule is CCOP(=O)(OCC)N(Cc1ccccc1)CP(=O)(OC)OC. The molecule has 0 unspecified atom stereocenters. The lowest BCUT2D eigenvalue weighted by atomic mass is 10.2. The fraction of sp³-hybridized carbons (Fsp3) is 0.571. The highest BCUT2D eigenvalue weighted by Gasteiger charge is 2.39. The average Bonchev–Trinajstić information content (AvgIpc) is 2.55. The van der Waals surface area contributed by atoms with Crippen molar-refractivity contribution in [3.63, 3.8) is 0 Å². The summed E-state index contributed by atoms with van der Waals surface area (Å²) >= 11 is 0. The van der Waals surface area contributed by atoms with Crippen molar-refractivity contribution >= 4 is 15.3 Å². The quantitative estimate of drug-likeness (QED) is 0.546. The lowest BCUT2D eigenvalue weighted by molar-refractivity contribution is 0.165. The Morgan fingerprint density at radius 2 is 1.48 bits per heavy atom. The second-order valence-electron chi connectivity index (χ2n) is 4.57. The van der Waals surface area contributed by atoms with E-state index in [1.54, 1.807) is 13.8 Å². The van der Waals surface area contributed by atoms with Crippen LogP contribution in [-0.2, 0) is 33.8 Å². The molecule has 0 aromatic heterocycles. The van der Waals surface area contributed by atoms with Crippen LogP contribution in [0.25, 0.3) is 0 Å². The van der Waals surface area contributed by atoms with E-state index >= 15 is 0 Å². The topological polar surface area (TPSA) is 74.3 Å². The van der Waals surface area contributed by atoms with Gasteiger partial charge in [-0.15, -0.1) is 0 Å². The first-order valence-corrected chi connectivity index (χ1v) is 10.5. The first-order chi connectivity index (χ1) is 10.9. The zero-order valence-electron chi connectivity index (χ0n) is 14.0. The van der Waals surface area contributed by atoms with E-state index in [1.165, 1.54) is 18.9 Å². The van der Waals surface area contributed by atoms with Gasteiger partial charge in [-0.25, -0.2) is 4.57 Å². The Bertz CT molecular complexity index is 535. The molecule has 132 valence electrons. The van der Waals surface area contributed by atoms with E-state index in [0.717, 1.165) is 5.56 Å². The predicted molar refractivity (Wildman–Crippen MR) is 89.3 cm³/mol. The van der Waals surface area contributed by atoms with E-state index in [0.29, 0.717) is 0 Å². The highest BCUT2D eigenvalue weighted by atomic mass is 31.2. The Morgan fingerprint density at radius 3 is 1.91 bits per heavy atom. The van der Waals surface area contributed by atoms with E-state index in [2.05, 4.69) is 0 Å². The minimum Gasteiger partial charge on any atom is -0.311 e. The number of benzene rings is 1. The molecule has 0 radical (unpaired) electrons. The number of hydrogen-bond acceptors (Lipinski definition) is 6. The number of hydrogen-bond donors (Lipinski definition) is 0. The second-order valence-corrected chi connectivity index (χ2v) is 8.83. The molecule has 0 bridgehead atoms. The largest absolute Gasteiger partial charge is 0.409 e. The summed E-state index contributed by atoms with van der Waals surface area (Å²) in [6.45, 7) is 4.08. The van der Waals surface area contributed by atoms with Gasteiger partial charge in [0.05, 0.1) is 13.2 Å². The van der Waals surface area contributed by atoms with Crippen molar-refractivity contribution in [3.05, 3.63) is 35.9 Å². The molecular weight excluding hydrogens is 340 g/mol. The van der Waals surface area contributed by atoms with Gasteiger partial charge in [0.15, 0.2) is 0 Å². The molecule has 0 atom stereocenters. The van der Waals surface area contributed by atoms with Gasteiger partial charge in [-0.1, -0.05) is 30.3 Å². The van der Waals surface area contributed by atoms with Gasteiger partial charge in [-0.2, -0.15) is 4.67 Å². The van der Waals surface area contributed by atoms with Crippen LogP contribution < -0.4 is 0 Å². The third-order valence-corrected chi connectivity index (χ3v) is 7.20. The van der Waals surface area contributed by atoms with Crippen molar-refractivity contribution in [1.29, 1.82) is 0 Å². The Hall–Kier alpha value is -0.520. The standard InChI is InChI=1S/C14H25NO6P2/c1-5-20-23(17,21-6-2)15(13-22(16,18-3)19-4)12-14-10-8-7-9-11-14/h7-11H,5-6,12-13H2,1-4H3. The third-order valence-electron chi connectivity index (χ3n) is 3.03. The summed E-state index contributed by atoms with van der Waals surface area (Å²) < 4.78 is 47.6. The maximum Gasteiger partial charge on any atom is 0.409 e. The van der Waals surface area contributed by atoms with Gasteiger partial charge in [0.1, 0.15) is 6.29 Å². The van der Waals surface area contributed by atoms with Crippen molar-refractivity contribution in [2.24, 2.45) is 0 Å². The van der Waals surface area contributed by atoms with Crippen LogP contribution in [0, 0.1) is 0 Å². The van der Waals surface area contributed by atoms with Crippen LogP contribution in [0.5, 0.6) is 0 Å². The van der Waals surface area contributed by atoms with Gasteiger partial charge in [0.25, 0.3) is 0 Å². The molecule has 0 saturated carbocycles. The van der Waals surface area contributed by atoms with Crippen LogP contribution in [0.1, 0.15) is 19.4 Å². The summed E-state index contributed by atoms with van der Waals surface area (Å²) in [5, 5.41) is 0. The fourth-order valence-corrected chi connectivity index (χ4v) is 5.28. The molecule has 1 aromatic carbocycles. The Kier molecular flexibility index (Phi) is 8.65. The molecule has 0 fully saturated rings. The molecule has 0 saturated heterocycles. The van der Waals surface area contributed by atoms with Gasteiger partial charge in [-0.3, -0.25) is 13.6 Å². The van der Waals surface area contributed by atoms with Crippen molar-refractivity contribution < 1.29 is 27.2 Å². The maximum atomic E-state index is 13.1. The van der Waals surface area contributed by atoms with Crippen molar-refractivity contribution in [3.8, 4) is 0 Å². The van der Waals surface area contributed by atoms with Crippen molar-refractivity contribution in [1.82, 2.24) is 4.67 Å². The molecular formula is C14H25NO6P2. The minimum absolute atomic E-state index is 0.201. The van der Waals surface area contributed by atoms with Gasteiger partial charge in [0.2, 0.25) is 0 Å². The zero-order chi connectivity index (χ0) is 17.3. The van der Waals surface area contributed by atoms with E-state index in [1.807, 2.05) is 30.3 Å². The Labute approximate surface area is 138 Å². The van der Waals surface area contributed by atoms with E-state index in [9.17, 15) is 9.13 Å². The normalized spacial score (nSPS) is 12.7. The molecule has 0 amide bonds. The van der Waals surface area contributed by atoms with Crippen LogP contribution in [0.2, 0.25) is 0 Å². The van der Waals surface area contributed by atoms with E-state index < -0.39 is 15.3 Å². The molecule has 9 heteroatoms. The summed E-state index contributed by atoms with van der Waals surface area (Å²) in [4.78, 5) is 0. The summed E-state index contributed by atoms with van der Waals surface area (Å²) in [7, 11) is -4.46. The van der Waals surface area contributed by atoms with Gasteiger partial charge in [-0.05, 0) is 19.4 Å². The van der Waals surface area contributed by atoms with Crippen molar-refractivity contribution in [2.45, 2.75) is 20.4 Å². The zero-order valence-corrected chi connectivity index (χ0v) is 15.8. The monoisotopic (exact) mass is 365 g/mol. The van der Waals surface area contributed by atoms with Crippen LogP contribution in [0.15, 0.2) is 30.3 Å². The molecule has 0 aliphatic carbocycles. The molecule has 23 heavy (non-hydrogen) atoms. The number of rotatable bonds is 11. The predicted octanol–water partition coefficient (Wildman–Crippen LogP) is 4.11. The van der Waals surface area contributed by atoms with Crippen LogP contribution in [0.4, 0.5) is 0 Å². The Morgan fingerprint density at radius 1 is 0.957 bits per heavy atom. The van der Waals surface area contributed by atoms with Gasteiger partial charge >= 0.3 is 15.3 Å². The average molecular weight is 365 g/mol. The summed E-state index contributed by atoms with van der Waals surface area (Å²) in [6.07, 6.45) is -0.202. The highest BCUT2D eigenvalue weighted by Crippen LogP contribution is 2.58. The van der Waals surface area contributed by atoms with Gasteiger partial charge in [0, 0.05) is 20.8 Å². The summed E-state index contributed by atoms with van der Waals surface area (Å²) in [6, 6.07) is 9.37. The molecule has 0 heterocycles. The minimum atomic E-state index is -3.62. The van der Waals surface area contributed by atoms with Crippen LogP contribution in [-0.4, -0.2) is 38.4 Å². The summed E-state index contributed by atoms with van der Waals surface area (Å²) in [5.41, 5.74) is 0.880. The maximum absolute atomic E-state index is 13.1. The fourth-order valence-electron chi connectivity index (χ4n) is 1.93. The molecule has 0 aliphatic rings. The first-order valence-electron chi connectivity index (χ1n) is 7.32. The smallest absolute Gasteiger partial charge is 0.311 e. The Balaban J connectivity index is 3.13. The van der Waals surface area contributed by atoms with Crippen molar-refractivity contribution in [2.75, 3.05) is 33.7 Å². The van der Waals surface area contributed by atoms with E-state index in [4.69, 9.17) is 18.1 Å². The molecule has 0 N–H and O–H groups in total. The first kappa shape index (κ1) is 20.5. The molecule has 1 rings (SSSR count). The van der Waals surface area contributed by atoms with Gasteiger partial charge < -0.3 is 9.05 Å². The van der Waals surface area contributed by atoms with E-state index in [-0.39, 0.29) is 26.0 Å². The molecule has 1 aromatic rings. The lowest BCUT2D eigenvalue weighted by Crippen LogP contribution is -2.25. The molecule has 7 nitrogen and oxygen atoms in total. The van der Waals surface area contributed by atoms with Crippen LogP contribution >= 0.6 is 15.3 Å². The molecule has 0 spiro atoms. The third kappa shape index (κ3) is 6.12. The highest BCUT2D eigenvalue weighted by molar-refractivity contribution is 7.56.